The van der Waals surface area contributed by atoms with Gasteiger partial charge in [0.15, 0.2) is 0 Å². The molecule has 4 nitrogen and oxygen atoms in total. The molecular formula is C12H16N2O2. The molecule has 0 aliphatic carbocycles. The smallest absolute Gasteiger partial charge is 0.305 e. The lowest BCUT2D eigenvalue weighted by atomic mass is 10.0. The predicted molar refractivity (Wildman–Crippen MR) is 62.6 cm³/mol. The molecule has 0 bridgehead atoms. The number of carboxylic acid groups (broad SMARTS) is 1. The van der Waals surface area contributed by atoms with Crippen molar-refractivity contribution in [2.24, 2.45) is 5.73 Å². The average molecular weight is 220 g/mol. The molecule has 1 aromatic rings. The third kappa shape index (κ3) is 2.02. The number of carboxylic acids is 1. The zero-order chi connectivity index (χ0) is 11.7. The van der Waals surface area contributed by atoms with Gasteiger partial charge in [-0.2, -0.15) is 0 Å². The van der Waals surface area contributed by atoms with E-state index < -0.39 is 12.0 Å². The van der Waals surface area contributed by atoms with Gasteiger partial charge in [-0.15, -0.1) is 0 Å². The van der Waals surface area contributed by atoms with E-state index in [1.807, 2.05) is 18.2 Å². The molecule has 4 heteroatoms. The quantitative estimate of drug-likeness (QED) is 0.802. The van der Waals surface area contributed by atoms with Crippen LogP contribution in [0, 0.1) is 0 Å². The fourth-order valence-electron chi connectivity index (χ4n) is 2.12. The summed E-state index contributed by atoms with van der Waals surface area (Å²) < 4.78 is 0. The predicted octanol–water partition coefficient (Wildman–Crippen LogP) is 1.15. The Balaban J connectivity index is 2.21. The molecule has 0 spiro atoms. The second-order valence-electron chi connectivity index (χ2n) is 4.26. The maximum atomic E-state index is 10.6. The molecule has 0 radical (unpaired) electrons. The average Bonchev–Trinajstić information content (AvgIpc) is 2.59. The van der Waals surface area contributed by atoms with Crippen LogP contribution in [0.5, 0.6) is 0 Å². The first-order valence-electron chi connectivity index (χ1n) is 5.39. The van der Waals surface area contributed by atoms with E-state index in [4.69, 9.17) is 10.8 Å². The standard InChI is InChI=1S/C12H16N2O2/c1-14-5-4-9-6-8(2-3-11(9)14)10(13)7-12(15)16/h2-3,6,10H,4-5,7,13H2,1H3,(H,15,16). The summed E-state index contributed by atoms with van der Waals surface area (Å²) >= 11 is 0. The number of rotatable bonds is 3. The molecule has 1 aromatic carbocycles. The molecule has 0 saturated carbocycles. The normalized spacial score (nSPS) is 16.0. The van der Waals surface area contributed by atoms with Gasteiger partial charge in [0.2, 0.25) is 0 Å². The van der Waals surface area contributed by atoms with Gasteiger partial charge in [0.05, 0.1) is 6.42 Å². The number of nitrogens with two attached hydrogens (primary N) is 1. The number of nitrogens with zero attached hydrogens (tertiary/aromatic N) is 1. The maximum Gasteiger partial charge on any atom is 0.305 e. The highest BCUT2D eigenvalue weighted by Crippen LogP contribution is 2.29. The Morgan fingerprint density at radius 3 is 3.06 bits per heavy atom. The van der Waals surface area contributed by atoms with Gasteiger partial charge in [0, 0.05) is 25.3 Å². The fourth-order valence-corrected chi connectivity index (χ4v) is 2.12. The van der Waals surface area contributed by atoms with E-state index >= 15 is 0 Å². The van der Waals surface area contributed by atoms with E-state index in [9.17, 15) is 4.79 Å². The van der Waals surface area contributed by atoms with Crippen LogP contribution in [0.4, 0.5) is 5.69 Å². The highest BCUT2D eigenvalue weighted by Gasteiger charge is 2.18. The molecule has 0 amide bonds. The van der Waals surface area contributed by atoms with Crippen molar-refractivity contribution >= 4 is 11.7 Å². The third-order valence-electron chi connectivity index (χ3n) is 3.05. The molecule has 1 unspecified atom stereocenters. The van der Waals surface area contributed by atoms with Crippen LogP contribution in [0.1, 0.15) is 23.6 Å². The number of hydrogen-bond donors (Lipinski definition) is 2. The van der Waals surface area contributed by atoms with Crippen molar-refractivity contribution in [3.63, 3.8) is 0 Å². The van der Waals surface area contributed by atoms with Crippen molar-refractivity contribution in [2.45, 2.75) is 18.9 Å². The lowest BCUT2D eigenvalue weighted by Crippen LogP contribution is -2.15. The number of fused-ring (bicyclic) bond motifs is 1. The Kier molecular flexibility index (Phi) is 2.83. The maximum absolute atomic E-state index is 10.6. The Hall–Kier alpha value is -1.55. The van der Waals surface area contributed by atoms with Crippen LogP contribution in [0.2, 0.25) is 0 Å². The Morgan fingerprint density at radius 2 is 2.38 bits per heavy atom. The summed E-state index contributed by atoms with van der Waals surface area (Å²) in [5.41, 5.74) is 9.24. The number of anilines is 1. The van der Waals surface area contributed by atoms with E-state index in [0.717, 1.165) is 18.5 Å². The summed E-state index contributed by atoms with van der Waals surface area (Å²) in [6, 6.07) is 5.58. The summed E-state index contributed by atoms with van der Waals surface area (Å²) in [5.74, 6) is -0.856. The lowest BCUT2D eigenvalue weighted by molar-refractivity contribution is -0.137. The molecule has 0 fully saturated rings. The highest BCUT2D eigenvalue weighted by atomic mass is 16.4. The molecule has 1 aliphatic heterocycles. The van der Waals surface area contributed by atoms with E-state index in [-0.39, 0.29) is 6.42 Å². The van der Waals surface area contributed by atoms with Gasteiger partial charge in [0.25, 0.3) is 0 Å². The van der Waals surface area contributed by atoms with Gasteiger partial charge in [0.1, 0.15) is 0 Å². The number of benzene rings is 1. The second kappa shape index (κ2) is 4.14. The molecule has 0 aromatic heterocycles. The highest BCUT2D eigenvalue weighted by molar-refractivity contribution is 5.68. The summed E-state index contributed by atoms with van der Waals surface area (Å²) in [4.78, 5) is 12.8. The van der Waals surface area contributed by atoms with Gasteiger partial charge < -0.3 is 15.7 Å². The zero-order valence-corrected chi connectivity index (χ0v) is 9.31. The second-order valence-corrected chi connectivity index (χ2v) is 4.26. The number of likely N-dealkylation sites (N-methyl/N-ethyl adjacent to an activating group) is 1. The lowest BCUT2D eigenvalue weighted by Gasteiger charge is -2.14. The minimum absolute atomic E-state index is 0.0192. The van der Waals surface area contributed by atoms with Gasteiger partial charge in [-0.25, -0.2) is 0 Å². The summed E-state index contributed by atoms with van der Waals surface area (Å²) in [5, 5.41) is 8.69. The third-order valence-corrected chi connectivity index (χ3v) is 3.05. The molecule has 2 rings (SSSR count). The van der Waals surface area contributed by atoms with Crippen molar-refractivity contribution in [3.05, 3.63) is 29.3 Å². The van der Waals surface area contributed by atoms with E-state index in [1.165, 1.54) is 11.3 Å². The topological polar surface area (TPSA) is 66.6 Å². The van der Waals surface area contributed by atoms with Crippen LogP contribution in [0.3, 0.4) is 0 Å². The largest absolute Gasteiger partial charge is 0.481 e. The Morgan fingerprint density at radius 1 is 1.62 bits per heavy atom. The first-order chi connectivity index (χ1) is 7.58. The molecule has 1 heterocycles. The zero-order valence-electron chi connectivity index (χ0n) is 9.31. The minimum Gasteiger partial charge on any atom is -0.481 e. The van der Waals surface area contributed by atoms with Crippen LogP contribution in [-0.2, 0) is 11.2 Å². The molecule has 3 N–H and O–H groups in total. The van der Waals surface area contributed by atoms with Crippen LogP contribution in [-0.4, -0.2) is 24.7 Å². The van der Waals surface area contributed by atoms with E-state index in [2.05, 4.69) is 11.9 Å². The monoisotopic (exact) mass is 220 g/mol. The Labute approximate surface area is 94.7 Å². The summed E-state index contributed by atoms with van der Waals surface area (Å²) in [6.45, 7) is 1.02. The molecule has 16 heavy (non-hydrogen) atoms. The van der Waals surface area contributed by atoms with Crippen LogP contribution >= 0.6 is 0 Å². The first-order valence-corrected chi connectivity index (χ1v) is 5.39. The van der Waals surface area contributed by atoms with Crippen molar-refractivity contribution in [2.75, 3.05) is 18.5 Å². The van der Waals surface area contributed by atoms with Gasteiger partial charge in [-0.05, 0) is 23.6 Å². The molecule has 86 valence electrons. The van der Waals surface area contributed by atoms with Crippen molar-refractivity contribution in [1.82, 2.24) is 0 Å². The van der Waals surface area contributed by atoms with Crippen LogP contribution in [0.15, 0.2) is 18.2 Å². The van der Waals surface area contributed by atoms with Crippen LogP contribution in [0.25, 0.3) is 0 Å². The SMILES string of the molecule is CN1CCc2cc(C(N)CC(=O)O)ccc21. The summed E-state index contributed by atoms with van der Waals surface area (Å²) in [6.07, 6.45) is 0.994. The Bertz CT molecular complexity index is 417. The number of carbonyl (C=O) groups is 1. The summed E-state index contributed by atoms with van der Waals surface area (Å²) in [7, 11) is 2.06. The molecule has 1 atom stereocenters. The van der Waals surface area contributed by atoms with Gasteiger partial charge in [-0.3, -0.25) is 4.79 Å². The minimum atomic E-state index is -0.856. The van der Waals surface area contributed by atoms with E-state index in [1.54, 1.807) is 0 Å². The van der Waals surface area contributed by atoms with Gasteiger partial charge >= 0.3 is 5.97 Å². The van der Waals surface area contributed by atoms with Crippen molar-refractivity contribution < 1.29 is 9.90 Å². The number of aliphatic carboxylic acids is 1. The first kappa shape index (κ1) is 11.0. The van der Waals surface area contributed by atoms with Crippen molar-refractivity contribution in [1.29, 1.82) is 0 Å². The van der Waals surface area contributed by atoms with Crippen molar-refractivity contribution in [3.8, 4) is 0 Å². The fraction of sp³-hybridized carbons (Fsp3) is 0.417. The van der Waals surface area contributed by atoms with Gasteiger partial charge in [-0.1, -0.05) is 12.1 Å². The van der Waals surface area contributed by atoms with Crippen LogP contribution < -0.4 is 10.6 Å². The molecule has 1 aliphatic rings. The molecule has 0 saturated heterocycles. The van der Waals surface area contributed by atoms with E-state index in [0.29, 0.717) is 0 Å². The number of hydrogen-bond acceptors (Lipinski definition) is 3. The molecular weight excluding hydrogens is 204 g/mol.